The second kappa shape index (κ2) is 8.71. The van der Waals surface area contributed by atoms with Crippen LogP contribution in [-0.4, -0.2) is 50.6 Å². The minimum atomic E-state index is -0.0903. The molecule has 5 nitrogen and oxygen atoms in total. The van der Waals surface area contributed by atoms with Crippen molar-refractivity contribution in [1.29, 1.82) is 0 Å². The van der Waals surface area contributed by atoms with Gasteiger partial charge in [-0.05, 0) is 44.2 Å². The van der Waals surface area contributed by atoms with Crippen molar-refractivity contribution in [1.82, 2.24) is 10.2 Å². The standard InChI is InChI=1S/C19H29N3O2/c1-14-5-6-16(15(2)13-14)7-10-21-19(20-3)22-11-8-17(9-12-22)18(23)24-4/h5-6,13,17H,7-12H2,1-4H3,(H,20,21). The summed E-state index contributed by atoms with van der Waals surface area (Å²) in [4.78, 5) is 18.2. The van der Waals surface area contributed by atoms with Gasteiger partial charge in [0.15, 0.2) is 5.96 Å². The number of hydrogen-bond acceptors (Lipinski definition) is 3. The molecule has 2 rings (SSSR count). The van der Waals surface area contributed by atoms with E-state index in [4.69, 9.17) is 4.74 Å². The van der Waals surface area contributed by atoms with Gasteiger partial charge in [-0.15, -0.1) is 0 Å². The Morgan fingerprint density at radius 2 is 2.04 bits per heavy atom. The molecule has 24 heavy (non-hydrogen) atoms. The summed E-state index contributed by atoms with van der Waals surface area (Å²) in [6, 6.07) is 6.59. The van der Waals surface area contributed by atoms with Crippen LogP contribution >= 0.6 is 0 Å². The lowest BCUT2D eigenvalue weighted by Crippen LogP contribution is -2.47. The zero-order valence-electron chi connectivity index (χ0n) is 15.3. The summed E-state index contributed by atoms with van der Waals surface area (Å²) in [5, 5.41) is 3.45. The molecule has 0 spiro atoms. The topological polar surface area (TPSA) is 53.9 Å². The number of esters is 1. The van der Waals surface area contributed by atoms with E-state index < -0.39 is 0 Å². The Morgan fingerprint density at radius 1 is 1.33 bits per heavy atom. The largest absolute Gasteiger partial charge is 0.469 e. The number of carbonyl (C=O) groups excluding carboxylic acids is 1. The third-order valence-electron chi connectivity index (χ3n) is 4.72. The van der Waals surface area contributed by atoms with Crippen LogP contribution in [0.25, 0.3) is 0 Å². The van der Waals surface area contributed by atoms with Gasteiger partial charge >= 0.3 is 5.97 Å². The van der Waals surface area contributed by atoms with E-state index in [0.717, 1.165) is 44.9 Å². The maximum absolute atomic E-state index is 11.6. The number of piperidine rings is 1. The summed E-state index contributed by atoms with van der Waals surface area (Å²) in [6.07, 6.45) is 2.62. The van der Waals surface area contributed by atoms with E-state index in [1.807, 2.05) is 7.05 Å². The van der Waals surface area contributed by atoms with Crippen molar-refractivity contribution in [3.8, 4) is 0 Å². The summed E-state index contributed by atoms with van der Waals surface area (Å²) in [6.45, 7) is 6.81. The number of aryl methyl sites for hydroxylation is 2. The molecule has 0 aliphatic carbocycles. The molecular formula is C19H29N3O2. The molecule has 1 aromatic carbocycles. The average molecular weight is 331 g/mol. The zero-order valence-corrected chi connectivity index (χ0v) is 15.3. The van der Waals surface area contributed by atoms with Crippen molar-refractivity contribution in [2.75, 3.05) is 33.8 Å². The molecule has 1 saturated heterocycles. The minimum Gasteiger partial charge on any atom is -0.469 e. The van der Waals surface area contributed by atoms with Gasteiger partial charge in [0.25, 0.3) is 0 Å². The van der Waals surface area contributed by atoms with Gasteiger partial charge in [-0.2, -0.15) is 0 Å². The van der Waals surface area contributed by atoms with Gasteiger partial charge in [-0.25, -0.2) is 0 Å². The van der Waals surface area contributed by atoms with Crippen LogP contribution < -0.4 is 5.32 Å². The second-order valence-corrected chi connectivity index (χ2v) is 6.44. The van der Waals surface area contributed by atoms with Crippen molar-refractivity contribution in [2.45, 2.75) is 33.1 Å². The van der Waals surface area contributed by atoms with E-state index in [1.165, 1.54) is 23.8 Å². The highest BCUT2D eigenvalue weighted by atomic mass is 16.5. The first kappa shape index (κ1) is 18.3. The lowest BCUT2D eigenvalue weighted by Gasteiger charge is -2.33. The van der Waals surface area contributed by atoms with Crippen molar-refractivity contribution < 1.29 is 9.53 Å². The molecular weight excluding hydrogens is 302 g/mol. The number of methoxy groups -OCH3 is 1. The highest BCUT2D eigenvalue weighted by Crippen LogP contribution is 2.18. The highest BCUT2D eigenvalue weighted by molar-refractivity contribution is 5.80. The number of benzene rings is 1. The molecule has 0 radical (unpaired) electrons. The fraction of sp³-hybridized carbons (Fsp3) is 0.579. The van der Waals surface area contributed by atoms with Crippen LogP contribution in [0.4, 0.5) is 0 Å². The molecule has 1 aliphatic heterocycles. The smallest absolute Gasteiger partial charge is 0.308 e. The molecule has 1 fully saturated rings. The van der Waals surface area contributed by atoms with E-state index in [-0.39, 0.29) is 11.9 Å². The molecule has 0 amide bonds. The van der Waals surface area contributed by atoms with Crippen LogP contribution in [0.2, 0.25) is 0 Å². The third-order valence-corrected chi connectivity index (χ3v) is 4.72. The lowest BCUT2D eigenvalue weighted by atomic mass is 9.97. The first-order valence-corrected chi connectivity index (χ1v) is 8.64. The highest BCUT2D eigenvalue weighted by Gasteiger charge is 2.26. The maximum Gasteiger partial charge on any atom is 0.308 e. The molecule has 0 bridgehead atoms. The monoisotopic (exact) mass is 331 g/mol. The van der Waals surface area contributed by atoms with Crippen LogP contribution in [-0.2, 0) is 16.0 Å². The molecule has 1 heterocycles. The van der Waals surface area contributed by atoms with Crippen LogP contribution in [0.1, 0.15) is 29.5 Å². The molecule has 132 valence electrons. The summed E-state index contributed by atoms with van der Waals surface area (Å²) >= 11 is 0. The van der Waals surface area contributed by atoms with Crippen molar-refractivity contribution in [3.63, 3.8) is 0 Å². The first-order valence-electron chi connectivity index (χ1n) is 8.64. The Balaban J connectivity index is 1.82. The fourth-order valence-corrected chi connectivity index (χ4v) is 3.26. The SMILES string of the molecule is CN=C(NCCc1ccc(C)cc1C)N1CCC(C(=O)OC)CC1. The summed E-state index contributed by atoms with van der Waals surface area (Å²) in [7, 11) is 3.27. The Morgan fingerprint density at radius 3 is 2.62 bits per heavy atom. The Bertz CT molecular complexity index is 590. The van der Waals surface area contributed by atoms with Gasteiger partial charge in [0.2, 0.25) is 0 Å². The normalized spacial score (nSPS) is 16.2. The van der Waals surface area contributed by atoms with Gasteiger partial charge < -0.3 is 15.0 Å². The molecule has 1 aliphatic rings. The summed E-state index contributed by atoms with van der Waals surface area (Å²) in [5.41, 5.74) is 4.01. The van der Waals surface area contributed by atoms with Gasteiger partial charge in [0.1, 0.15) is 0 Å². The number of likely N-dealkylation sites (tertiary alicyclic amines) is 1. The van der Waals surface area contributed by atoms with E-state index in [9.17, 15) is 4.79 Å². The quantitative estimate of drug-likeness (QED) is 0.523. The number of aliphatic imine (C=N–C) groups is 1. The van der Waals surface area contributed by atoms with Gasteiger partial charge in [-0.1, -0.05) is 23.8 Å². The van der Waals surface area contributed by atoms with Gasteiger partial charge in [-0.3, -0.25) is 9.79 Å². The Kier molecular flexibility index (Phi) is 6.64. The van der Waals surface area contributed by atoms with Crippen LogP contribution in [0, 0.1) is 19.8 Å². The van der Waals surface area contributed by atoms with Crippen LogP contribution in [0.5, 0.6) is 0 Å². The van der Waals surface area contributed by atoms with E-state index in [0.29, 0.717) is 0 Å². The predicted octanol–water partition coefficient (Wildman–Crippen LogP) is 2.31. The van der Waals surface area contributed by atoms with Crippen LogP contribution in [0.3, 0.4) is 0 Å². The number of nitrogens with zero attached hydrogens (tertiary/aromatic N) is 2. The molecule has 0 aromatic heterocycles. The number of nitrogens with one attached hydrogen (secondary N) is 1. The molecule has 1 N–H and O–H groups in total. The predicted molar refractivity (Wildman–Crippen MR) is 97.3 cm³/mol. The molecule has 0 atom stereocenters. The number of guanidine groups is 1. The lowest BCUT2D eigenvalue weighted by molar-refractivity contribution is -0.146. The summed E-state index contributed by atoms with van der Waals surface area (Å²) in [5.74, 6) is 0.857. The van der Waals surface area contributed by atoms with E-state index >= 15 is 0 Å². The van der Waals surface area contributed by atoms with Crippen molar-refractivity contribution >= 4 is 11.9 Å². The number of hydrogen-bond donors (Lipinski definition) is 1. The zero-order chi connectivity index (χ0) is 17.5. The van der Waals surface area contributed by atoms with E-state index in [1.54, 1.807) is 0 Å². The second-order valence-electron chi connectivity index (χ2n) is 6.44. The maximum atomic E-state index is 11.6. The van der Waals surface area contributed by atoms with Crippen LogP contribution in [0.15, 0.2) is 23.2 Å². The van der Waals surface area contributed by atoms with Crippen molar-refractivity contribution in [3.05, 3.63) is 34.9 Å². The number of carbonyl (C=O) groups is 1. The average Bonchev–Trinajstić information content (AvgIpc) is 2.60. The first-order chi connectivity index (χ1) is 11.5. The van der Waals surface area contributed by atoms with E-state index in [2.05, 4.69) is 47.3 Å². The number of rotatable bonds is 4. The molecule has 0 unspecified atom stereocenters. The Labute approximate surface area is 145 Å². The minimum absolute atomic E-state index is 0.0274. The number of ether oxygens (including phenoxy) is 1. The molecule has 0 saturated carbocycles. The van der Waals surface area contributed by atoms with Gasteiger partial charge in [0.05, 0.1) is 13.0 Å². The van der Waals surface area contributed by atoms with Gasteiger partial charge in [0, 0.05) is 26.7 Å². The third kappa shape index (κ3) is 4.73. The summed E-state index contributed by atoms with van der Waals surface area (Å²) < 4.78 is 4.84. The molecule has 5 heteroatoms. The molecule has 1 aromatic rings. The fourth-order valence-electron chi connectivity index (χ4n) is 3.26. The van der Waals surface area contributed by atoms with Crippen molar-refractivity contribution in [2.24, 2.45) is 10.9 Å². The Hall–Kier alpha value is -2.04.